The van der Waals surface area contributed by atoms with Gasteiger partial charge in [-0.05, 0) is 69.4 Å². The number of carbonyl (C=O) groups is 2. The third-order valence-corrected chi connectivity index (χ3v) is 7.80. The molecule has 0 aliphatic rings. The Labute approximate surface area is 285 Å². The van der Waals surface area contributed by atoms with Crippen LogP contribution in [0, 0.1) is 0 Å². The number of rotatable bonds is 24. The van der Waals surface area contributed by atoms with Gasteiger partial charge in [-0.2, -0.15) is 9.97 Å². The fraction of sp³-hybridized carbons (Fsp3) is 0.529. The Kier molecular flexibility index (Phi) is 17.4. The number of carbonyl (C=O) groups excluding carboxylic acids is 2. The first-order valence-corrected chi connectivity index (χ1v) is 17.2. The van der Waals surface area contributed by atoms with Crippen molar-refractivity contribution in [1.29, 1.82) is 0 Å². The van der Waals surface area contributed by atoms with Crippen LogP contribution >= 0.6 is 0 Å². The molecule has 0 aliphatic heterocycles. The van der Waals surface area contributed by atoms with Crippen LogP contribution in [0.2, 0.25) is 0 Å². The minimum absolute atomic E-state index is 0.228. The number of anilines is 4. The molecule has 2 aromatic heterocycles. The zero-order chi connectivity index (χ0) is 34.4. The smallest absolute Gasteiger partial charge is 0.251 e. The fourth-order valence-electron chi connectivity index (χ4n) is 4.84. The van der Waals surface area contributed by atoms with Gasteiger partial charge in [0.2, 0.25) is 11.9 Å². The highest BCUT2D eigenvalue weighted by Crippen LogP contribution is 2.08. The summed E-state index contributed by atoms with van der Waals surface area (Å²) < 4.78 is 0. The third kappa shape index (κ3) is 14.1. The molecule has 0 aliphatic carbocycles. The van der Waals surface area contributed by atoms with Crippen LogP contribution in [0.1, 0.15) is 61.3 Å². The van der Waals surface area contributed by atoms with Crippen molar-refractivity contribution in [1.82, 2.24) is 40.4 Å². The highest BCUT2D eigenvalue weighted by molar-refractivity contribution is 5.99. The van der Waals surface area contributed by atoms with Crippen LogP contribution in [-0.4, -0.2) is 120 Å². The van der Waals surface area contributed by atoms with Crippen LogP contribution in [0.3, 0.4) is 0 Å². The van der Waals surface area contributed by atoms with E-state index in [0.717, 1.165) is 64.0 Å². The molecule has 0 atom stereocenters. The Hall–Kier alpha value is -4.56. The normalized spacial score (nSPS) is 11.0. The highest BCUT2D eigenvalue weighted by Gasteiger charge is 2.10. The number of nitrogens with zero attached hydrogens (tertiary/aromatic N) is 6. The Morgan fingerprint density at radius 1 is 0.583 bits per heavy atom. The maximum atomic E-state index is 12.7. The Bertz CT molecular complexity index is 1270. The van der Waals surface area contributed by atoms with Crippen molar-refractivity contribution in [2.45, 2.75) is 40.5 Å². The summed E-state index contributed by atoms with van der Waals surface area (Å²) in [6, 6.07) is 10.4. The monoisotopic (exact) mass is 662 g/mol. The average molecular weight is 663 g/mol. The summed E-state index contributed by atoms with van der Waals surface area (Å²) in [5.74, 6) is 2.18. The van der Waals surface area contributed by atoms with E-state index in [4.69, 9.17) is 0 Å². The number of benzene rings is 1. The lowest BCUT2D eigenvalue weighted by atomic mass is 10.1. The largest absolute Gasteiger partial charge is 0.369 e. The third-order valence-electron chi connectivity index (χ3n) is 7.80. The van der Waals surface area contributed by atoms with Crippen molar-refractivity contribution < 1.29 is 9.59 Å². The zero-order valence-electron chi connectivity index (χ0n) is 29.0. The van der Waals surface area contributed by atoms with E-state index in [-0.39, 0.29) is 11.8 Å². The fourth-order valence-corrected chi connectivity index (χ4v) is 4.84. The maximum Gasteiger partial charge on any atom is 0.251 e. The maximum absolute atomic E-state index is 12.7. The molecule has 14 nitrogen and oxygen atoms in total. The summed E-state index contributed by atoms with van der Waals surface area (Å²) in [5.41, 5.74) is 0.874. The quantitative estimate of drug-likeness (QED) is 0.0778. The summed E-state index contributed by atoms with van der Waals surface area (Å²) in [5, 5.41) is 18.9. The molecule has 6 N–H and O–H groups in total. The molecule has 0 radical (unpaired) electrons. The number of likely N-dealkylation sites (N-methyl/N-ethyl adjacent to an activating group) is 2. The van der Waals surface area contributed by atoms with Gasteiger partial charge in [0.1, 0.15) is 11.6 Å². The van der Waals surface area contributed by atoms with Crippen molar-refractivity contribution >= 4 is 35.3 Å². The molecule has 0 bridgehead atoms. The Balaban J connectivity index is 1.31. The van der Waals surface area contributed by atoms with Gasteiger partial charge in [0.25, 0.3) is 11.8 Å². The van der Waals surface area contributed by atoms with E-state index in [9.17, 15) is 9.59 Å². The zero-order valence-corrected chi connectivity index (χ0v) is 29.0. The molecule has 0 spiro atoms. The second-order valence-corrected chi connectivity index (χ2v) is 11.1. The molecular formula is C34H54N12O2. The molecule has 2 amide bonds. The van der Waals surface area contributed by atoms with E-state index in [1.807, 2.05) is 12.1 Å². The summed E-state index contributed by atoms with van der Waals surface area (Å²) in [7, 11) is 0. The van der Waals surface area contributed by atoms with Crippen molar-refractivity contribution in [3.63, 3.8) is 0 Å². The lowest BCUT2D eigenvalue weighted by molar-refractivity contribution is 0.0953. The first-order valence-electron chi connectivity index (χ1n) is 17.2. The Morgan fingerprint density at radius 2 is 1.02 bits per heavy atom. The lowest BCUT2D eigenvalue weighted by Crippen LogP contribution is -2.29. The first-order chi connectivity index (χ1) is 23.4. The van der Waals surface area contributed by atoms with E-state index in [0.29, 0.717) is 62.0 Å². The van der Waals surface area contributed by atoms with Crippen molar-refractivity contribution in [2.75, 3.05) is 99.8 Å². The van der Waals surface area contributed by atoms with Gasteiger partial charge in [-0.1, -0.05) is 33.8 Å². The van der Waals surface area contributed by atoms with Crippen LogP contribution in [0.4, 0.5) is 23.5 Å². The molecule has 0 saturated heterocycles. The summed E-state index contributed by atoms with van der Waals surface area (Å²) >= 11 is 0. The van der Waals surface area contributed by atoms with Crippen molar-refractivity contribution in [3.8, 4) is 0 Å². The molecule has 262 valence electrons. The molecule has 3 aromatic rings. The molecule has 2 heterocycles. The molecule has 0 saturated carbocycles. The van der Waals surface area contributed by atoms with Crippen LogP contribution in [0.5, 0.6) is 0 Å². The van der Waals surface area contributed by atoms with E-state index >= 15 is 0 Å². The van der Waals surface area contributed by atoms with Crippen molar-refractivity contribution in [2.24, 2.45) is 0 Å². The van der Waals surface area contributed by atoms with E-state index in [2.05, 4.69) is 89.3 Å². The van der Waals surface area contributed by atoms with Crippen LogP contribution in [0.15, 0.2) is 48.8 Å². The molecule has 3 rings (SSSR count). The second kappa shape index (κ2) is 22.1. The number of aromatic nitrogens is 4. The SMILES string of the molecule is CCN(CC)CCNc1ccnc(NCCCNC(=O)c2cccc(C(=O)NCCCNc3nccc(NCCN(CC)CC)n3)c2)n1. The van der Waals surface area contributed by atoms with Gasteiger partial charge in [0, 0.05) is 75.9 Å². The molecule has 1 aromatic carbocycles. The van der Waals surface area contributed by atoms with Gasteiger partial charge in [0.05, 0.1) is 0 Å². The lowest BCUT2D eigenvalue weighted by Gasteiger charge is -2.18. The van der Waals surface area contributed by atoms with Gasteiger partial charge in [-0.3, -0.25) is 9.59 Å². The van der Waals surface area contributed by atoms with E-state index < -0.39 is 0 Å². The van der Waals surface area contributed by atoms with Crippen molar-refractivity contribution in [3.05, 3.63) is 59.9 Å². The Morgan fingerprint density at radius 3 is 1.44 bits per heavy atom. The first kappa shape index (κ1) is 37.9. The number of hydrogen-bond acceptors (Lipinski definition) is 12. The van der Waals surface area contributed by atoms with Crippen LogP contribution < -0.4 is 31.9 Å². The number of amides is 2. The minimum Gasteiger partial charge on any atom is -0.369 e. The molecule has 0 fully saturated rings. The van der Waals surface area contributed by atoms with Gasteiger partial charge < -0.3 is 41.7 Å². The van der Waals surface area contributed by atoms with E-state index in [1.54, 1.807) is 36.7 Å². The molecule has 0 unspecified atom stereocenters. The van der Waals surface area contributed by atoms with Gasteiger partial charge in [-0.25, -0.2) is 9.97 Å². The van der Waals surface area contributed by atoms with Crippen LogP contribution in [-0.2, 0) is 0 Å². The summed E-state index contributed by atoms with van der Waals surface area (Å²) in [4.78, 5) is 47.7. The van der Waals surface area contributed by atoms with Gasteiger partial charge in [-0.15, -0.1) is 0 Å². The summed E-state index contributed by atoms with van der Waals surface area (Å²) in [6.45, 7) is 18.4. The molecular weight excluding hydrogens is 608 g/mol. The predicted octanol–water partition coefficient (Wildman–Crippen LogP) is 3.24. The minimum atomic E-state index is -0.228. The summed E-state index contributed by atoms with van der Waals surface area (Å²) in [6.07, 6.45) is 4.82. The molecule has 14 heteroatoms. The average Bonchev–Trinajstić information content (AvgIpc) is 3.12. The van der Waals surface area contributed by atoms with Crippen LogP contribution in [0.25, 0.3) is 0 Å². The standard InChI is InChI=1S/C34H54N12O2/c1-5-45(6-2)24-22-35-29-14-20-41-33(43-29)39-18-10-16-37-31(47)27-12-9-13-28(26-27)32(48)38-17-11-19-40-34-42-21-15-30(44-34)36-23-25-46(7-3)8-4/h9,12-15,20-21,26H,5-8,10-11,16-19,22-25H2,1-4H3,(H,37,47)(H,38,48)(H2,35,39,41,43)(H2,36,40,42,44). The molecule has 48 heavy (non-hydrogen) atoms. The topological polar surface area (TPSA) is 164 Å². The number of nitrogens with one attached hydrogen (secondary N) is 6. The van der Waals surface area contributed by atoms with Gasteiger partial charge in [0.15, 0.2) is 0 Å². The number of hydrogen-bond donors (Lipinski definition) is 6. The second-order valence-electron chi connectivity index (χ2n) is 11.1. The highest BCUT2D eigenvalue weighted by atomic mass is 16.2. The predicted molar refractivity (Wildman–Crippen MR) is 194 cm³/mol. The van der Waals surface area contributed by atoms with E-state index in [1.165, 1.54) is 0 Å². The van der Waals surface area contributed by atoms with Gasteiger partial charge >= 0.3 is 0 Å².